The van der Waals surface area contributed by atoms with Gasteiger partial charge in [0.2, 0.25) is 0 Å². The molecule has 2 nitrogen and oxygen atoms in total. The number of aryl methyl sites for hydroxylation is 1. The van der Waals surface area contributed by atoms with Crippen molar-refractivity contribution in [1.29, 1.82) is 0 Å². The number of aromatic nitrogens is 1. The standard InChI is InChI=1S/C19H19NO/c1-2-7-18-14(4-1)5-3-6-16(18)13-21-17-8-9-19-15(12-17)10-11-20-19/h1-2,4,7-12,16,20H,3,5-6,13H2. The first-order valence-corrected chi connectivity index (χ1v) is 7.68. The first-order chi connectivity index (χ1) is 10.4. The summed E-state index contributed by atoms with van der Waals surface area (Å²) in [6.07, 6.45) is 5.67. The zero-order chi connectivity index (χ0) is 14.1. The molecule has 0 aliphatic heterocycles. The fourth-order valence-corrected chi connectivity index (χ4v) is 3.35. The minimum atomic E-state index is 0.525. The second kappa shape index (κ2) is 5.28. The molecule has 1 unspecified atom stereocenters. The number of nitrogens with one attached hydrogen (secondary N) is 1. The molecule has 3 aromatic rings. The van der Waals surface area contributed by atoms with Crippen molar-refractivity contribution in [3.63, 3.8) is 0 Å². The zero-order valence-corrected chi connectivity index (χ0v) is 12.0. The number of fused-ring (bicyclic) bond motifs is 2. The Kier molecular flexibility index (Phi) is 3.15. The molecular weight excluding hydrogens is 258 g/mol. The van der Waals surface area contributed by atoms with Gasteiger partial charge >= 0.3 is 0 Å². The molecule has 0 fully saturated rings. The van der Waals surface area contributed by atoms with E-state index in [4.69, 9.17) is 4.74 Å². The van der Waals surface area contributed by atoms with E-state index in [-0.39, 0.29) is 0 Å². The molecule has 0 radical (unpaired) electrons. The van der Waals surface area contributed by atoms with Crippen molar-refractivity contribution >= 4 is 10.9 Å². The van der Waals surface area contributed by atoms with Crippen molar-refractivity contribution in [2.24, 2.45) is 0 Å². The van der Waals surface area contributed by atoms with Gasteiger partial charge in [-0.3, -0.25) is 0 Å². The van der Waals surface area contributed by atoms with Gasteiger partial charge in [0.1, 0.15) is 5.75 Å². The number of hydrogen-bond donors (Lipinski definition) is 1. The highest BCUT2D eigenvalue weighted by molar-refractivity contribution is 5.80. The van der Waals surface area contributed by atoms with Gasteiger partial charge in [0.25, 0.3) is 0 Å². The molecule has 1 N–H and O–H groups in total. The van der Waals surface area contributed by atoms with Crippen molar-refractivity contribution in [2.45, 2.75) is 25.2 Å². The monoisotopic (exact) mass is 277 g/mol. The van der Waals surface area contributed by atoms with E-state index in [1.807, 2.05) is 12.3 Å². The van der Waals surface area contributed by atoms with E-state index in [0.717, 1.165) is 17.9 Å². The fraction of sp³-hybridized carbons (Fsp3) is 0.263. The molecule has 2 aromatic carbocycles. The molecule has 0 spiro atoms. The molecule has 1 aromatic heterocycles. The normalized spacial score (nSPS) is 17.6. The van der Waals surface area contributed by atoms with Crippen LogP contribution in [0.2, 0.25) is 0 Å². The topological polar surface area (TPSA) is 25.0 Å². The first-order valence-electron chi connectivity index (χ1n) is 7.68. The summed E-state index contributed by atoms with van der Waals surface area (Å²) in [7, 11) is 0. The number of rotatable bonds is 3. The van der Waals surface area contributed by atoms with Crippen LogP contribution in [0.25, 0.3) is 10.9 Å². The molecule has 0 bridgehead atoms. The summed E-state index contributed by atoms with van der Waals surface area (Å²) in [6, 6.07) is 17.1. The van der Waals surface area contributed by atoms with E-state index in [1.165, 1.54) is 35.8 Å². The molecule has 1 aliphatic carbocycles. The molecule has 0 saturated carbocycles. The van der Waals surface area contributed by atoms with E-state index < -0.39 is 0 Å². The third-order valence-electron chi connectivity index (χ3n) is 4.47. The number of aromatic amines is 1. The molecule has 106 valence electrons. The van der Waals surface area contributed by atoms with Gasteiger partial charge in [0.15, 0.2) is 0 Å². The largest absolute Gasteiger partial charge is 0.493 e. The highest BCUT2D eigenvalue weighted by Gasteiger charge is 2.20. The lowest BCUT2D eigenvalue weighted by Crippen LogP contribution is -2.16. The second-order valence-electron chi connectivity index (χ2n) is 5.83. The summed E-state index contributed by atoms with van der Waals surface area (Å²) in [5.74, 6) is 1.49. The molecular formula is C19H19NO. The molecule has 2 heteroatoms. The summed E-state index contributed by atoms with van der Waals surface area (Å²) in [5, 5.41) is 1.21. The van der Waals surface area contributed by atoms with Gasteiger partial charge in [-0.05, 0) is 54.7 Å². The molecule has 0 amide bonds. The van der Waals surface area contributed by atoms with Crippen molar-refractivity contribution in [3.8, 4) is 5.75 Å². The van der Waals surface area contributed by atoms with Crippen LogP contribution in [0.15, 0.2) is 54.7 Å². The maximum absolute atomic E-state index is 6.07. The highest BCUT2D eigenvalue weighted by atomic mass is 16.5. The molecule has 1 atom stereocenters. The third-order valence-corrected chi connectivity index (χ3v) is 4.47. The van der Waals surface area contributed by atoms with Crippen LogP contribution >= 0.6 is 0 Å². The Hall–Kier alpha value is -2.22. The zero-order valence-electron chi connectivity index (χ0n) is 12.0. The second-order valence-corrected chi connectivity index (χ2v) is 5.83. The van der Waals surface area contributed by atoms with Crippen LogP contribution in [-0.2, 0) is 6.42 Å². The molecule has 1 aliphatic rings. The lowest BCUT2D eigenvalue weighted by atomic mass is 9.83. The van der Waals surface area contributed by atoms with E-state index in [9.17, 15) is 0 Å². The summed E-state index contributed by atoms with van der Waals surface area (Å²) in [6.45, 7) is 0.771. The Balaban J connectivity index is 1.52. The summed E-state index contributed by atoms with van der Waals surface area (Å²) in [4.78, 5) is 3.21. The Morgan fingerprint density at radius 1 is 1.10 bits per heavy atom. The summed E-state index contributed by atoms with van der Waals surface area (Å²) >= 11 is 0. The van der Waals surface area contributed by atoms with Crippen molar-refractivity contribution < 1.29 is 4.74 Å². The molecule has 0 saturated heterocycles. The minimum Gasteiger partial charge on any atom is -0.493 e. The van der Waals surface area contributed by atoms with Gasteiger partial charge < -0.3 is 9.72 Å². The van der Waals surface area contributed by atoms with Crippen LogP contribution in [0.5, 0.6) is 5.75 Å². The van der Waals surface area contributed by atoms with Gasteiger partial charge in [-0.1, -0.05) is 24.3 Å². The number of ether oxygens (including phenoxy) is 1. The van der Waals surface area contributed by atoms with Gasteiger partial charge in [-0.15, -0.1) is 0 Å². The van der Waals surface area contributed by atoms with Crippen LogP contribution in [0, 0.1) is 0 Å². The van der Waals surface area contributed by atoms with Crippen LogP contribution < -0.4 is 4.74 Å². The lowest BCUT2D eigenvalue weighted by Gasteiger charge is -2.25. The maximum Gasteiger partial charge on any atom is 0.120 e. The SMILES string of the molecule is c1ccc2c(c1)CCCC2COc1ccc2[nH]ccc2c1. The smallest absolute Gasteiger partial charge is 0.120 e. The van der Waals surface area contributed by atoms with Crippen LogP contribution in [0.1, 0.15) is 29.9 Å². The fourth-order valence-electron chi connectivity index (χ4n) is 3.35. The van der Waals surface area contributed by atoms with E-state index >= 15 is 0 Å². The number of benzene rings is 2. The predicted molar refractivity (Wildman–Crippen MR) is 85.9 cm³/mol. The van der Waals surface area contributed by atoms with Crippen LogP contribution in [-0.4, -0.2) is 11.6 Å². The Bertz CT molecular complexity index is 759. The van der Waals surface area contributed by atoms with Gasteiger partial charge in [0, 0.05) is 23.0 Å². The van der Waals surface area contributed by atoms with Gasteiger partial charge in [-0.2, -0.15) is 0 Å². The lowest BCUT2D eigenvalue weighted by molar-refractivity contribution is 0.275. The average molecular weight is 277 g/mol. The van der Waals surface area contributed by atoms with Gasteiger partial charge in [0.05, 0.1) is 6.61 Å². The van der Waals surface area contributed by atoms with E-state index in [2.05, 4.69) is 47.4 Å². The highest BCUT2D eigenvalue weighted by Crippen LogP contribution is 2.32. The van der Waals surface area contributed by atoms with Gasteiger partial charge in [-0.25, -0.2) is 0 Å². The average Bonchev–Trinajstić information content (AvgIpc) is 3.00. The van der Waals surface area contributed by atoms with Crippen LogP contribution in [0.4, 0.5) is 0 Å². The number of hydrogen-bond acceptors (Lipinski definition) is 1. The molecule has 1 heterocycles. The minimum absolute atomic E-state index is 0.525. The Labute approximate surface area is 124 Å². The molecule has 21 heavy (non-hydrogen) atoms. The van der Waals surface area contributed by atoms with E-state index in [0.29, 0.717) is 5.92 Å². The van der Waals surface area contributed by atoms with Crippen LogP contribution in [0.3, 0.4) is 0 Å². The van der Waals surface area contributed by atoms with Crippen molar-refractivity contribution in [2.75, 3.05) is 6.61 Å². The summed E-state index contributed by atoms with van der Waals surface area (Å²) in [5.41, 5.74) is 4.13. The van der Waals surface area contributed by atoms with Crippen molar-refractivity contribution in [1.82, 2.24) is 4.98 Å². The molecule has 4 rings (SSSR count). The predicted octanol–water partition coefficient (Wildman–Crippen LogP) is 4.67. The quantitative estimate of drug-likeness (QED) is 0.739. The Morgan fingerprint density at radius 3 is 3.05 bits per heavy atom. The van der Waals surface area contributed by atoms with E-state index in [1.54, 1.807) is 0 Å². The maximum atomic E-state index is 6.07. The first kappa shape index (κ1) is 12.5. The van der Waals surface area contributed by atoms with Crippen molar-refractivity contribution in [3.05, 3.63) is 65.9 Å². The summed E-state index contributed by atoms with van der Waals surface area (Å²) < 4.78 is 6.07. The number of H-pyrrole nitrogens is 1. The third kappa shape index (κ3) is 2.42. The Morgan fingerprint density at radius 2 is 2.05 bits per heavy atom.